The second-order valence-electron chi connectivity index (χ2n) is 5.66. The maximum absolute atomic E-state index is 6.24. The quantitative estimate of drug-likeness (QED) is 0.274. The highest BCUT2D eigenvalue weighted by Crippen LogP contribution is 2.37. The van der Waals surface area contributed by atoms with E-state index in [1.165, 1.54) is 17.4 Å². The summed E-state index contributed by atoms with van der Waals surface area (Å²) in [4.78, 5) is 4.40. The van der Waals surface area contributed by atoms with Crippen molar-refractivity contribution in [3.05, 3.63) is 56.0 Å². The molecule has 0 radical (unpaired) electrons. The average Bonchev–Trinajstić information content (AvgIpc) is 3.05. The lowest BCUT2D eigenvalue weighted by Crippen LogP contribution is -2.05. The van der Waals surface area contributed by atoms with E-state index in [0.29, 0.717) is 51.4 Å². The Labute approximate surface area is 196 Å². The van der Waals surface area contributed by atoms with E-state index in [-0.39, 0.29) is 11.1 Å². The second-order valence-corrected chi connectivity index (χ2v) is 8.92. The summed E-state index contributed by atoms with van der Waals surface area (Å²) in [5.74, 6) is 0.874. The molecule has 154 valence electrons. The van der Waals surface area contributed by atoms with Gasteiger partial charge < -0.3 is 14.2 Å². The fourth-order valence-electron chi connectivity index (χ4n) is 2.29. The first-order chi connectivity index (χ1) is 13.9. The largest absolute Gasteiger partial charge is 0.490 e. The summed E-state index contributed by atoms with van der Waals surface area (Å²) in [6.07, 6.45) is 2.13. The second kappa shape index (κ2) is 10.8. The normalized spacial score (nSPS) is 10.8. The van der Waals surface area contributed by atoms with Crippen molar-refractivity contribution in [1.82, 2.24) is 4.98 Å². The van der Waals surface area contributed by atoms with Gasteiger partial charge in [-0.1, -0.05) is 69.3 Å². The Hall–Kier alpha value is -1.08. The minimum Gasteiger partial charge on any atom is -0.490 e. The molecule has 0 saturated carbocycles. The molecule has 3 rings (SSSR count). The van der Waals surface area contributed by atoms with Crippen molar-refractivity contribution in [2.45, 2.75) is 6.42 Å². The van der Waals surface area contributed by atoms with E-state index in [4.69, 9.17) is 72.2 Å². The molecule has 0 spiro atoms. The van der Waals surface area contributed by atoms with Gasteiger partial charge in [0.05, 0.1) is 33.5 Å². The number of halogens is 5. The molecule has 3 aromatic rings. The molecule has 0 saturated heterocycles. The molecule has 29 heavy (non-hydrogen) atoms. The van der Waals surface area contributed by atoms with E-state index in [1.54, 1.807) is 18.2 Å². The van der Waals surface area contributed by atoms with Crippen LogP contribution in [0.15, 0.2) is 40.9 Å². The molecule has 1 aromatic heterocycles. The smallest absolute Gasteiger partial charge is 0.274 e. The van der Waals surface area contributed by atoms with Gasteiger partial charge in [0.1, 0.15) is 16.8 Å². The van der Waals surface area contributed by atoms with Crippen molar-refractivity contribution in [2.24, 2.45) is 0 Å². The average molecular weight is 514 g/mol. The molecule has 0 amide bonds. The summed E-state index contributed by atoms with van der Waals surface area (Å²) < 4.78 is 17.9. The highest BCUT2D eigenvalue weighted by Gasteiger charge is 2.11. The van der Waals surface area contributed by atoms with Crippen molar-refractivity contribution < 1.29 is 14.2 Å². The molecular weight excluding hydrogens is 500 g/mol. The van der Waals surface area contributed by atoms with Crippen LogP contribution in [-0.4, -0.2) is 24.8 Å². The summed E-state index contributed by atoms with van der Waals surface area (Å²) in [6, 6.07) is 8.75. The van der Waals surface area contributed by atoms with Crippen LogP contribution in [0.3, 0.4) is 0 Å². The van der Waals surface area contributed by atoms with Gasteiger partial charge in [-0.15, -0.1) is 0 Å². The van der Waals surface area contributed by atoms with Gasteiger partial charge in [-0.25, -0.2) is 4.98 Å². The molecule has 0 unspecified atom stereocenters. The number of ether oxygens (including phenoxy) is 3. The van der Waals surface area contributed by atoms with Crippen molar-refractivity contribution in [3.8, 4) is 16.7 Å². The molecule has 0 bridgehead atoms. The monoisotopic (exact) mass is 511 g/mol. The summed E-state index contributed by atoms with van der Waals surface area (Å²) in [5.41, 5.74) is 0.857. The summed E-state index contributed by atoms with van der Waals surface area (Å²) in [7, 11) is 0. The van der Waals surface area contributed by atoms with Gasteiger partial charge in [0.25, 0.3) is 5.19 Å². The van der Waals surface area contributed by atoms with Crippen LogP contribution in [0.25, 0.3) is 10.2 Å². The van der Waals surface area contributed by atoms with Crippen molar-refractivity contribution >= 4 is 79.6 Å². The Kier molecular flexibility index (Phi) is 8.42. The van der Waals surface area contributed by atoms with Gasteiger partial charge in [0.15, 0.2) is 5.75 Å². The third-order valence-electron chi connectivity index (χ3n) is 3.55. The molecule has 1 heterocycles. The molecule has 0 N–H and O–H groups in total. The Morgan fingerprint density at radius 2 is 1.69 bits per heavy atom. The van der Waals surface area contributed by atoms with Gasteiger partial charge in [-0.3, -0.25) is 0 Å². The number of hydrogen-bond donors (Lipinski definition) is 0. The van der Waals surface area contributed by atoms with E-state index >= 15 is 0 Å². The number of hydrogen-bond acceptors (Lipinski definition) is 5. The predicted molar refractivity (Wildman–Crippen MR) is 122 cm³/mol. The zero-order valence-corrected chi connectivity index (χ0v) is 19.4. The number of nitrogens with zero attached hydrogens (tertiary/aromatic N) is 1. The molecular formula is C19H14Cl5NO3S. The zero-order valence-electron chi connectivity index (χ0n) is 14.8. The Bertz CT molecular complexity index is 997. The summed E-state index contributed by atoms with van der Waals surface area (Å²) in [6.45, 7) is 1.01. The Morgan fingerprint density at radius 3 is 2.41 bits per heavy atom. The Balaban J connectivity index is 1.47. The van der Waals surface area contributed by atoms with E-state index in [0.717, 1.165) is 10.2 Å². The van der Waals surface area contributed by atoms with Crippen LogP contribution >= 0.6 is 69.3 Å². The SMILES string of the molecule is ClC(Cl)=CCOc1cc(Cl)c(OCCCOc2nc3ccc(Cl)cc3s2)c(Cl)c1. The van der Waals surface area contributed by atoms with Gasteiger partial charge in [0.2, 0.25) is 0 Å². The van der Waals surface area contributed by atoms with Gasteiger partial charge in [-0.05, 0) is 24.3 Å². The minimum atomic E-state index is 0.124. The highest BCUT2D eigenvalue weighted by atomic mass is 35.5. The number of thiazole rings is 1. The number of aromatic nitrogens is 1. The van der Waals surface area contributed by atoms with E-state index in [2.05, 4.69) is 4.98 Å². The van der Waals surface area contributed by atoms with E-state index in [9.17, 15) is 0 Å². The van der Waals surface area contributed by atoms with Crippen molar-refractivity contribution in [1.29, 1.82) is 0 Å². The lowest BCUT2D eigenvalue weighted by atomic mass is 10.3. The lowest BCUT2D eigenvalue weighted by Gasteiger charge is -2.12. The molecule has 2 aromatic carbocycles. The molecule has 0 fully saturated rings. The molecule has 0 atom stereocenters. The minimum absolute atomic E-state index is 0.124. The van der Waals surface area contributed by atoms with Gasteiger partial charge in [-0.2, -0.15) is 0 Å². The zero-order chi connectivity index (χ0) is 20.8. The van der Waals surface area contributed by atoms with Crippen LogP contribution in [0.2, 0.25) is 15.1 Å². The molecule has 10 heteroatoms. The predicted octanol–water partition coefficient (Wildman–Crippen LogP) is 7.80. The van der Waals surface area contributed by atoms with Crippen LogP contribution < -0.4 is 14.2 Å². The van der Waals surface area contributed by atoms with Crippen LogP contribution in [0, 0.1) is 0 Å². The fraction of sp³-hybridized carbons (Fsp3) is 0.211. The lowest BCUT2D eigenvalue weighted by molar-refractivity contribution is 0.247. The number of rotatable bonds is 9. The third-order valence-corrected chi connectivity index (χ3v) is 5.59. The van der Waals surface area contributed by atoms with Crippen molar-refractivity contribution in [2.75, 3.05) is 19.8 Å². The van der Waals surface area contributed by atoms with E-state index in [1.807, 2.05) is 12.1 Å². The highest BCUT2D eigenvalue weighted by molar-refractivity contribution is 7.20. The number of fused-ring (bicyclic) bond motifs is 1. The van der Waals surface area contributed by atoms with Crippen LogP contribution in [0.4, 0.5) is 0 Å². The first-order valence-electron chi connectivity index (χ1n) is 8.37. The standard InChI is InChI=1S/C19H14Cl5NO3S/c20-11-2-3-15-16(8-11)29-19(25-15)28-6-1-5-27-18-13(21)9-12(10-14(18)22)26-7-4-17(23)24/h2-4,8-10H,1,5-7H2. The number of benzene rings is 2. The van der Waals surface area contributed by atoms with Gasteiger partial charge >= 0.3 is 0 Å². The van der Waals surface area contributed by atoms with Crippen LogP contribution in [0.1, 0.15) is 6.42 Å². The molecule has 4 nitrogen and oxygen atoms in total. The molecule has 0 aliphatic rings. The first kappa shape index (κ1) is 22.6. The Morgan fingerprint density at radius 1 is 0.966 bits per heavy atom. The fourth-order valence-corrected chi connectivity index (χ4v) is 4.11. The molecule has 0 aliphatic heterocycles. The third kappa shape index (κ3) is 6.71. The van der Waals surface area contributed by atoms with Crippen molar-refractivity contribution in [3.63, 3.8) is 0 Å². The summed E-state index contributed by atoms with van der Waals surface area (Å²) in [5, 5.41) is 1.95. The summed E-state index contributed by atoms with van der Waals surface area (Å²) >= 11 is 31.0. The maximum Gasteiger partial charge on any atom is 0.274 e. The van der Waals surface area contributed by atoms with Gasteiger partial charge in [0, 0.05) is 23.6 Å². The van der Waals surface area contributed by atoms with Crippen LogP contribution in [-0.2, 0) is 0 Å². The molecule has 0 aliphatic carbocycles. The first-order valence-corrected chi connectivity index (χ1v) is 11.1. The van der Waals surface area contributed by atoms with E-state index < -0.39 is 0 Å². The topological polar surface area (TPSA) is 40.6 Å². The maximum atomic E-state index is 6.24. The van der Waals surface area contributed by atoms with Crippen LogP contribution in [0.5, 0.6) is 16.7 Å².